The summed E-state index contributed by atoms with van der Waals surface area (Å²) in [6.07, 6.45) is 0.491. The van der Waals surface area contributed by atoms with Crippen LogP contribution in [0.5, 0.6) is 5.75 Å². The molecule has 1 aromatic rings. The molecule has 2 saturated heterocycles. The molecule has 0 bridgehead atoms. The van der Waals surface area contributed by atoms with Gasteiger partial charge in [0.1, 0.15) is 17.5 Å². The Labute approximate surface area is 152 Å². The lowest BCUT2D eigenvalue weighted by molar-refractivity contribution is -0.134. The van der Waals surface area contributed by atoms with Gasteiger partial charge in [0.25, 0.3) is 0 Å². The first kappa shape index (κ1) is 18.2. The lowest BCUT2D eigenvalue weighted by Gasteiger charge is -2.39. The Balaban J connectivity index is 1.49. The molecule has 2 fully saturated rings. The molecule has 0 aliphatic carbocycles. The fourth-order valence-electron chi connectivity index (χ4n) is 2.97. The molecule has 7 nitrogen and oxygen atoms in total. The van der Waals surface area contributed by atoms with E-state index < -0.39 is 5.60 Å². The average molecular weight is 360 g/mol. The first-order valence-corrected chi connectivity index (χ1v) is 8.79. The van der Waals surface area contributed by atoms with Gasteiger partial charge in [-0.2, -0.15) is 0 Å². The monoisotopic (exact) mass is 360 g/mol. The lowest BCUT2D eigenvalue weighted by atomic mass is 9.90. The number of rotatable bonds is 3. The van der Waals surface area contributed by atoms with Gasteiger partial charge in [-0.05, 0) is 44.9 Å². The number of imide groups is 1. The number of amides is 3. The van der Waals surface area contributed by atoms with Crippen LogP contribution in [0.25, 0.3) is 0 Å². The summed E-state index contributed by atoms with van der Waals surface area (Å²) >= 11 is 0. The molecule has 1 N–H and O–H groups in total. The number of hydrogen-bond donors (Lipinski definition) is 1. The zero-order valence-corrected chi connectivity index (χ0v) is 15.3. The molecule has 2 aliphatic rings. The molecule has 1 aromatic carbocycles. The van der Waals surface area contributed by atoms with Gasteiger partial charge < -0.3 is 14.4 Å². The highest BCUT2D eigenvalue weighted by Crippen LogP contribution is 2.27. The highest BCUT2D eigenvalue weighted by molar-refractivity contribution is 6.00. The van der Waals surface area contributed by atoms with Crippen LogP contribution in [0.3, 0.4) is 0 Å². The van der Waals surface area contributed by atoms with Crippen molar-refractivity contribution in [3.8, 4) is 5.75 Å². The molecule has 26 heavy (non-hydrogen) atoms. The summed E-state index contributed by atoms with van der Waals surface area (Å²) < 4.78 is 11.2. The van der Waals surface area contributed by atoms with Crippen molar-refractivity contribution >= 4 is 17.9 Å². The van der Waals surface area contributed by atoms with E-state index in [1.807, 2.05) is 45.0 Å². The number of ether oxygens (including phenoxy) is 2. The highest BCUT2D eigenvalue weighted by atomic mass is 16.6. The van der Waals surface area contributed by atoms with E-state index in [0.29, 0.717) is 31.7 Å². The van der Waals surface area contributed by atoms with Crippen molar-refractivity contribution in [1.82, 2.24) is 10.2 Å². The van der Waals surface area contributed by atoms with E-state index in [1.54, 1.807) is 4.90 Å². The minimum atomic E-state index is -0.505. The quantitative estimate of drug-likeness (QED) is 0.836. The first-order valence-electron chi connectivity index (χ1n) is 8.79. The maximum Gasteiger partial charge on any atom is 0.410 e. The molecule has 1 atom stereocenters. The van der Waals surface area contributed by atoms with Gasteiger partial charge in [0.05, 0.1) is 19.0 Å². The van der Waals surface area contributed by atoms with Crippen LogP contribution in [0.15, 0.2) is 24.3 Å². The Hall–Kier alpha value is -2.57. The van der Waals surface area contributed by atoms with Crippen LogP contribution in [-0.4, -0.2) is 47.6 Å². The van der Waals surface area contributed by atoms with Crippen LogP contribution in [0, 0.1) is 0 Å². The van der Waals surface area contributed by atoms with Gasteiger partial charge in [0, 0.05) is 6.42 Å². The molecule has 0 saturated carbocycles. The van der Waals surface area contributed by atoms with Crippen molar-refractivity contribution in [2.75, 3.05) is 13.1 Å². The van der Waals surface area contributed by atoms with E-state index in [1.165, 1.54) is 0 Å². The smallest absolute Gasteiger partial charge is 0.410 e. The summed E-state index contributed by atoms with van der Waals surface area (Å²) in [5, 5.41) is 2.37. The summed E-state index contributed by atoms with van der Waals surface area (Å²) in [6, 6.07) is 7.32. The minimum absolute atomic E-state index is 0.0658. The van der Waals surface area contributed by atoms with Crippen molar-refractivity contribution in [2.24, 2.45) is 0 Å². The number of carbonyl (C=O) groups excluding carboxylic acids is 3. The number of carbonyl (C=O) groups is 3. The molecule has 7 heteroatoms. The highest BCUT2D eigenvalue weighted by Gasteiger charge is 2.35. The van der Waals surface area contributed by atoms with E-state index in [0.717, 1.165) is 5.56 Å². The predicted molar refractivity (Wildman–Crippen MR) is 93.8 cm³/mol. The second kappa shape index (κ2) is 6.97. The van der Waals surface area contributed by atoms with E-state index in [4.69, 9.17) is 9.47 Å². The van der Waals surface area contributed by atoms with Crippen LogP contribution in [-0.2, 0) is 14.3 Å². The second-order valence-corrected chi connectivity index (χ2v) is 7.70. The number of piperidine rings is 1. The minimum Gasteiger partial charge on any atom is -0.487 e. The topological polar surface area (TPSA) is 84.9 Å². The van der Waals surface area contributed by atoms with Gasteiger partial charge in [-0.3, -0.25) is 14.9 Å². The Bertz CT molecular complexity index is 702. The van der Waals surface area contributed by atoms with Crippen molar-refractivity contribution in [3.05, 3.63) is 29.8 Å². The van der Waals surface area contributed by atoms with Gasteiger partial charge >= 0.3 is 6.09 Å². The van der Waals surface area contributed by atoms with Crippen molar-refractivity contribution in [1.29, 1.82) is 0 Å². The Kier molecular flexibility index (Phi) is 4.89. The molecule has 140 valence electrons. The van der Waals surface area contributed by atoms with E-state index in [2.05, 4.69) is 5.32 Å². The molecule has 0 spiro atoms. The van der Waals surface area contributed by atoms with Gasteiger partial charge in [-0.15, -0.1) is 0 Å². The molecule has 3 amide bonds. The normalized spacial score (nSPS) is 21.0. The van der Waals surface area contributed by atoms with Gasteiger partial charge in [0.2, 0.25) is 11.8 Å². The molecular weight excluding hydrogens is 336 g/mol. The third kappa shape index (κ3) is 4.33. The Morgan fingerprint density at radius 1 is 1.15 bits per heavy atom. The summed E-state index contributed by atoms with van der Waals surface area (Å²) in [6.45, 7) is 6.49. The standard InChI is InChI=1S/C19H24N2O5/c1-19(2,3)26-18(24)21-10-14(11-21)25-13-6-4-12(5-7-13)15-8-9-16(22)20-17(15)23/h4-7,14-15H,8-11H2,1-3H3,(H,20,22,23). The third-order valence-electron chi connectivity index (χ3n) is 4.32. The lowest BCUT2D eigenvalue weighted by Crippen LogP contribution is -2.57. The first-order chi connectivity index (χ1) is 12.2. The summed E-state index contributed by atoms with van der Waals surface area (Å²) in [7, 11) is 0. The average Bonchev–Trinajstić information content (AvgIpc) is 2.49. The molecule has 0 aromatic heterocycles. The number of benzene rings is 1. The van der Waals surface area contributed by atoms with Gasteiger partial charge in [-0.25, -0.2) is 4.79 Å². The molecule has 2 aliphatic heterocycles. The SMILES string of the molecule is CC(C)(C)OC(=O)N1CC(Oc2ccc(C3CCC(=O)NC3=O)cc2)C1. The molecule has 0 radical (unpaired) electrons. The van der Waals surface area contributed by atoms with Crippen LogP contribution < -0.4 is 10.1 Å². The zero-order valence-electron chi connectivity index (χ0n) is 15.3. The molecular formula is C19H24N2O5. The third-order valence-corrected chi connectivity index (χ3v) is 4.32. The Morgan fingerprint density at radius 2 is 1.81 bits per heavy atom. The van der Waals surface area contributed by atoms with Gasteiger partial charge in [-0.1, -0.05) is 12.1 Å². The summed E-state index contributed by atoms with van der Waals surface area (Å²) in [5.74, 6) is -0.0735. The van der Waals surface area contributed by atoms with Crippen molar-refractivity contribution < 1.29 is 23.9 Å². The van der Waals surface area contributed by atoms with E-state index in [9.17, 15) is 14.4 Å². The van der Waals surface area contributed by atoms with Crippen LogP contribution in [0.1, 0.15) is 45.1 Å². The maximum absolute atomic E-state index is 11.9. The summed E-state index contributed by atoms with van der Waals surface area (Å²) in [4.78, 5) is 36.6. The second-order valence-electron chi connectivity index (χ2n) is 7.70. The maximum atomic E-state index is 11.9. The molecule has 3 rings (SSSR count). The van der Waals surface area contributed by atoms with E-state index >= 15 is 0 Å². The Morgan fingerprint density at radius 3 is 2.38 bits per heavy atom. The van der Waals surface area contributed by atoms with Crippen molar-refractivity contribution in [2.45, 2.75) is 51.2 Å². The molecule has 2 heterocycles. The van der Waals surface area contributed by atoms with Crippen LogP contribution >= 0.6 is 0 Å². The fourth-order valence-corrected chi connectivity index (χ4v) is 2.97. The van der Waals surface area contributed by atoms with E-state index in [-0.39, 0.29) is 29.9 Å². The van der Waals surface area contributed by atoms with Gasteiger partial charge in [0.15, 0.2) is 0 Å². The van der Waals surface area contributed by atoms with Crippen LogP contribution in [0.2, 0.25) is 0 Å². The predicted octanol–water partition coefficient (Wildman–Crippen LogP) is 2.20. The fraction of sp³-hybridized carbons (Fsp3) is 0.526. The number of nitrogens with one attached hydrogen (secondary N) is 1. The number of likely N-dealkylation sites (tertiary alicyclic amines) is 1. The largest absolute Gasteiger partial charge is 0.487 e. The summed E-state index contributed by atoms with van der Waals surface area (Å²) in [5.41, 5.74) is 0.362. The van der Waals surface area contributed by atoms with Crippen LogP contribution in [0.4, 0.5) is 4.79 Å². The molecule has 1 unspecified atom stereocenters. The number of hydrogen-bond acceptors (Lipinski definition) is 5. The van der Waals surface area contributed by atoms with Crippen molar-refractivity contribution in [3.63, 3.8) is 0 Å². The zero-order chi connectivity index (χ0) is 18.9. The number of nitrogens with zero attached hydrogens (tertiary/aromatic N) is 1.